The number of benzene rings is 1. The lowest BCUT2D eigenvalue weighted by molar-refractivity contribution is -0.121. The minimum Gasteiger partial charge on any atom is -0.494 e. The number of aliphatic hydroxyl groups is 1. The van der Waals surface area contributed by atoms with Gasteiger partial charge in [-0.1, -0.05) is 12.1 Å². The van der Waals surface area contributed by atoms with Gasteiger partial charge in [0.05, 0.1) is 12.7 Å². The van der Waals surface area contributed by atoms with Gasteiger partial charge in [0, 0.05) is 13.0 Å². The highest BCUT2D eigenvalue weighted by Gasteiger charge is 2.26. The van der Waals surface area contributed by atoms with Crippen LogP contribution in [0.1, 0.15) is 31.2 Å². The van der Waals surface area contributed by atoms with E-state index in [2.05, 4.69) is 5.32 Å². The number of rotatable bonds is 7. The fraction of sp³-hybridized carbons (Fsp3) is 0.562. The van der Waals surface area contributed by atoms with Gasteiger partial charge in [0.25, 0.3) is 0 Å². The maximum atomic E-state index is 11.6. The average molecular weight is 277 g/mol. The molecule has 1 saturated carbocycles. The predicted octanol–water partition coefficient (Wildman–Crippen LogP) is 2.04. The summed E-state index contributed by atoms with van der Waals surface area (Å²) in [6.45, 7) is 3.27. The maximum Gasteiger partial charge on any atom is 0.220 e. The van der Waals surface area contributed by atoms with E-state index in [4.69, 9.17) is 9.84 Å². The van der Waals surface area contributed by atoms with E-state index in [-0.39, 0.29) is 12.0 Å². The van der Waals surface area contributed by atoms with Crippen LogP contribution >= 0.6 is 0 Å². The molecule has 0 bridgehead atoms. The van der Waals surface area contributed by atoms with E-state index < -0.39 is 0 Å². The number of ether oxygens (including phenoxy) is 1. The molecule has 0 radical (unpaired) electrons. The first-order chi connectivity index (χ1) is 9.63. The first-order valence-corrected chi connectivity index (χ1v) is 7.27. The highest BCUT2D eigenvalue weighted by Crippen LogP contribution is 2.26. The Labute approximate surface area is 120 Å². The lowest BCUT2D eigenvalue weighted by Crippen LogP contribution is -2.38. The number of nitrogens with one attached hydrogen (secondary N) is 1. The van der Waals surface area contributed by atoms with Crippen LogP contribution in [0.4, 0.5) is 0 Å². The predicted molar refractivity (Wildman–Crippen MR) is 77.6 cm³/mol. The van der Waals surface area contributed by atoms with Gasteiger partial charge in [0.15, 0.2) is 0 Å². The Hall–Kier alpha value is -1.55. The molecule has 2 N–H and O–H groups in total. The quantitative estimate of drug-likeness (QED) is 0.750. The maximum absolute atomic E-state index is 11.6. The zero-order valence-corrected chi connectivity index (χ0v) is 12.0. The number of aryl methyl sites for hydroxylation is 1. The summed E-state index contributed by atoms with van der Waals surface area (Å²) in [6, 6.07) is 7.90. The van der Waals surface area contributed by atoms with E-state index in [1.165, 1.54) is 5.56 Å². The number of carbonyl (C=O) groups excluding carboxylic acids is 1. The Kier molecular flexibility index (Phi) is 5.41. The van der Waals surface area contributed by atoms with Crippen LogP contribution in [0.25, 0.3) is 0 Å². The van der Waals surface area contributed by atoms with Crippen LogP contribution in [0.3, 0.4) is 0 Å². The fourth-order valence-electron chi connectivity index (χ4n) is 2.34. The van der Waals surface area contributed by atoms with E-state index in [1.54, 1.807) is 0 Å². The Morgan fingerprint density at radius 1 is 1.45 bits per heavy atom. The minimum absolute atomic E-state index is 0.0687. The van der Waals surface area contributed by atoms with Crippen LogP contribution in [-0.4, -0.2) is 30.3 Å². The summed E-state index contributed by atoms with van der Waals surface area (Å²) in [5.41, 5.74) is 1.17. The number of hydrogen-bond acceptors (Lipinski definition) is 3. The number of aliphatic hydroxyl groups excluding tert-OH is 1. The number of hydrogen-bond donors (Lipinski definition) is 2. The van der Waals surface area contributed by atoms with Crippen molar-refractivity contribution in [3.05, 3.63) is 29.8 Å². The summed E-state index contributed by atoms with van der Waals surface area (Å²) in [5.74, 6) is 1.38. The number of amides is 1. The summed E-state index contributed by atoms with van der Waals surface area (Å²) in [6.07, 6.45) is 2.68. The van der Waals surface area contributed by atoms with E-state index in [9.17, 15) is 4.79 Å². The van der Waals surface area contributed by atoms with Crippen LogP contribution in [0.5, 0.6) is 5.75 Å². The molecule has 0 aliphatic heterocycles. The monoisotopic (exact) mass is 277 g/mol. The van der Waals surface area contributed by atoms with Gasteiger partial charge in [0.1, 0.15) is 5.75 Å². The summed E-state index contributed by atoms with van der Waals surface area (Å²) >= 11 is 0. The second-order valence-electron chi connectivity index (χ2n) is 5.56. The van der Waals surface area contributed by atoms with Crippen LogP contribution in [-0.2, 0) is 4.79 Å². The first kappa shape index (κ1) is 14.9. The highest BCUT2D eigenvalue weighted by molar-refractivity contribution is 5.75. The molecule has 0 saturated heterocycles. The second kappa shape index (κ2) is 7.29. The molecule has 1 fully saturated rings. The largest absolute Gasteiger partial charge is 0.494 e. The average Bonchev–Trinajstić information content (AvgIpc) is 2.38. The summed E-state index contributed by atoms with van der Waals surface area (Å²) < 4.78 is 5.60. The summed E-state index contributed by atoms with van der Waals surface area (Å²) in [4.78, 5) is 11.6. The molecule has 1 amide bonds. The molecule has 4 nitrogen and oxygen atoms in total. The van der Waals surface area contributed by atoms with Crippen LogP contribution in [0, 0.1) is 12.8 Å². The van der Waals surface area contributed by atoms with Crippen molar-refractivity contribution in [3.63, 3.8) is 0 Å². The zero-order chi connectivity index (χ0) is 14.4. The third-order valence-corrected chi connectivity index (χ3v) is 3.61. The third-order valence-electron chi connectivity index (χ3n) is 3.61. The van der Waals surface area contributed by atoms with Crippen molar-refractivity contribution >= 4 is 5.91 Å². The van der Waals surface area contributed by atoms with Gasteiger partial charge < -0.3 is 15.2 Å². The van der Waals surface area contributed by atoms with E-state index in [0.717, 1.165) is 18.6 Å². The normalized spacial score (nSPS) is 21.1. The standard InChI is InChI=1S/C16H23NO3/c1-12-4-2-5-15(8-12)20-7-3-6-16(19)17-11-13-9-14(18)10-13/h2,4-5,8,13-14,18H,3,6-7,9-11H2,1H3,(H,17,19). The first-order valence-electron chi connectivity index (χ1n) is 7.27. The van der Waals surface area contributed by atoms with Gasteiger partial charge in [-0.3, -0.25) is 4.79 Å². The molecule has 1 aromatic carbocycles. The van der Waals surface area contributed by atoms with Gasteiger partial charge in [-0.05, 0) is 49.8 Å². The van der Waals surface area contributed by atoms with Gasteiger partial charge >= 0.3 is 0 Å². The van der Waals surface area contributed by atoms with Crippen molar-refractivity contribution in [3.8, 4) is 5.75 Å². The third kappa shape index (κ3) is 4.85. The minimum atomic E-state index is -0.153. The molecule has 110 valence electrons. The number of carbonyl (C=O) groups is 1. The Balaban J connectivity index is 1.53. The highest BCUT2D eigenvalue weighted by atomic mass is 16.5. The van der Waals surface area contributed by atoms with Gasteiger partial charge in [-0.15, -0.1) is 0 Å². The van der Waals surface area contributed by atoms with Gasteiger partial charge in [0.2, 0.25) is 5.91 Å². The van der Waals surface area contributed by atoms with Crippen LogP contribution in [0.2, 0.25) is 0 Å². The fourth-order valence-corrected chi connectivity index (χ4v) is 2.34. The molecule has 1 aromatic rings. The Morgan fingerprint density at radius 2 is 2.25 bits per heavy atom. The summed E-state index contributed by atoms with van der Waals surface area (Å²) in [5, 5.41) is 12.1. The Bertz CT molecular complexity index is 441. The lowest BCUT2D eigenvalue weighted by atomic mass is 9.82. The van der Waals surface area contributed by atoms with Crippen molar-refractivity contribution in [1.29, 1.82) is 0 Å². The van der Waals surface area contributed by atoms with E-state index >= 15 is 0 Å². The molecular weight excluding hydrogens is 254 g/mol. The van der Waals surface area contributed by atoms with Crippen molar-refractivity contribution in [1.82, 2.24) is 5.32 Å². The van der Waals surface area contributed by atoms with Crippen molar-refractivity contribution < 1.29 is 14.6 Å². The molecule has 0 aromatic heterocycles. The van der Waals surface area contributed by atoms with Gasteiger partial charge in [-0.25, -0.2) is 0 Å². The molecule has 0 unspecified atom stereocenters. The molecule has 0 spiro atoms. The zero-order valence-electron chi connectivity index (χ0n) is 12.0. The summed E-state index contributed by atoms with van der Waals surface area (Å²) in [7, 11) is 0. The SMILES string of the molecule is Cc1cccc(OCCCC(=O)NCC2CC(O)C2)c1. The molecule has 4 heteroatoms. The van der Waals surface area contributed by atoms with E-state index in [1.807, 2.05) is 31.2 Å². The van der Waals surface area contributed by atoms with Crippen molar-refractivity contribution in [2.75, 3.05) is 13.2 Å². The topological polar surface area (TPSA) is 58.6 Å². The van der Waals surface area contributed by atoms with Crippen LogP contribution in [0.15, 0.2) is 24.3 Å². The molecule has 20 heavy (non-hydrogen) atoms. The second-order valence-corrected chi connectivity index (χ2v) is 5.56. The van der Waals surface area contributed by atoms with E-state index in [0.29, 0.717) is 31.9 Å². The smallest absolute Gasteiger partial charge is 0.220 e. The molecular formula is C16H23NO3. The molecule has 2 rings (SSSR count). The van der Waals surface area contributed by atoms with Crippen molar-refractivity contribution in [2.24, 2.45) is 5.92 Å². The molecule has 0 heterocycles. The molecule has 0 atom stereocenters. The molecule has 1 aliphatic carbocycles. The van der Waals surface area contributed by atoms with Gasteiger partial charge in [-0.2, -0.15) is 0 Å². The van der Waals surface area contributed by atoms with Crippen molar-refractivity contribution in [2.45, 2.75) is 38.7 Å². The van der Waals surface area contributed by atoms with Crippen LogP contribution < -0.4 is 10.1 Å². The molecule has 1 aliphatic rings. The Morgan fingerprint density at radius 3 is 2.95 bits per heavy atom. The lowest BCUT2D eigenvalue weighted by Gasteiger charge is -2.31.